The molecule has 0 N–H and O–H groups in total. The Kier molecular flexibility index (Phi) is 7.47. The first kappa shape index (κ1) is 31.0. The van der Waals surface area contributed by atoms with E-state index in [0.29, 0.717) is 0 Å². The van der Waals surface area contributed by atoms with Crippen molar-refractivity contribution in [1.82, 2.24) is 9.55 Å². The van der Waals surface area contributed by atoms with Gasteiger partial charge in [0, 0.05) is 12.1 Å². The highest BCUT2D eigenvalue weighted by atomic mass is 15.1. The maximum Gasteiger partial charge on any atom is 0.114 e. The van der Waals surface area contributed by atoms with Gasteiger partial charge in [-0.1, -0.05) is 153 Å². The zero-order valence-electron chi connectivity index (χ0n) is 29.5. The number of rotatable bonds is 6. The number of para-hydroxylation sites is 2. The van der Waals surface area contributed by atoms with E-state index in [2.05, 4.69) is 200 Å². The van der Waals surface area contributed by atoms with Gasteiger partial charge in [0.15, 0.2) is 0 Å². The molecule has 1 heterocycles. The zero-order chi connectivity index (χ0) is 35.3. The van der Waals surface area contributed by atoms with Crippen molar-refractivity contribution in [2.45, 2.75) is 13.3 Å². The molecular weight excluding hydrogens is 641 g/mol. The minimum Gasteiger partial charge on any atom is -0.296 e. The number of nitrogens with zero attached hydrogens (tertiary/aromatic N) is 2. The van der Waals surface area contributed by atoms with E-state index in [1.807, 2.05) is 0 Å². The highest BCUT2D eigenvalue weighted by Crippen LogP contribution is 2.45. The van der Waals surface area contributed by atoms with Gasteiger partial charge in [0.1, 0.15) is 5.82 Å². The van der Waals surface area contributed by atoms with Crippen molar-refractivity contribution in [3.63, 3.8) is 0 Å². The average molecular weight is 677 g/mol. The third kappa shape index (κ3) is 5.30. The molecule has 0 aliphatic carbocycles. The van der Waals surface area contributed by atoms with Crippen LogP contribution in [0.1, 0.15) is 12.7 Å². The third-order valence-electron chi connectivity index (χ3n) is 10.7. The van der Waals surface area contributed by atoms with E-state index in [1.165, 1.54) is 76.8 Å². The molecule has 0 aliphatic rings. The summed E-state index contributed by atoms with van der Waals surface area (Å²) in [6.07, 6.45) is 0.861. The fourth-order valence-corrected chi connectivity index (χ4v) is 8.20. The molecule has 0 saturated carbocycles. The van der Waals surface area contributed by atoms with Gasteiger partial charge in [-0.15, -0.1) is 0 Å². The second kappa shape index (κ2) is 12.8. The first-order valence-electron chi connectivity index (χ1n) is 18.4. The van der Waals surface area contributed by atoms with Crippen LogP contribution in [0.15, 0.2) is 188 Å². The highest BCUT2D eigenvalue weighted by Gasteiger charge is 2.19. The second-order valence-electron chi connectivity index (χ2n) is 13.8. The van der Waals surface area contributed by atoms with Gasteiger partial charge in [-0.05, 0) is 119 Å². The number of hydrogen-bond acceptors (Lipinski definition) is 1. The maximum absolute atomic E-state index is 4.94. The number of aryl methyl sites for hydroxylation is 1. The minimum atomic E-state index is 0.861. The number of benzene rings is 9. The Hall–Kier alpha value is -6.77. The van der Waals surface area contributed by atoms with Crippen LogP contribution < -0.4 is 0 Å². The van der Waals surface area contributed by atoms with Crippen LogP contribution in [0.2, 0.25) is 0 Å². The first-order valence-corrected chi connectivity index (χ1v) is 18.4. The molecule has 53 heavy (non-hydrogen) atoms. The molecule has 0 spiro atoms. The smallest absolute Gasteiger partial charge is 0.114 e. The molecule has 9 aromatic carbocycles. The van der Waals surface area contributed by atoms with Crippen molar-refractivity contribution in [3.05, 3.63) is 194 Å². The van der Waals surface area contributed by atoms with Crippen molar-refractivity contribution in [3.8, 4) is 50.2 Å². The Balaban J connectivity index is 1.19. The molecule has 0 fully saturated rings. The molecule has 2 nitrogen and oxygen atoms in total. The van der Waals surface area contributed by atoms with Gasteiger partial charge in [-0.25, -0.2) is 4.98 Å². The quantitative estimate of drug-likeness (QED) is 0.160. The van der Waals surface area contributed by atoms with Gasteiger partial charge >= 0.3 is 0 Å². The molecule has 0 unspecified atom stereocenters. The van der Waals surface area contributed by atoms with Crippen LogP contribution in [0, 0.1) is 0 Å². The van der Waals surface area contributed by atoms with E-state index < -0.39 is 0 Å². The standard InChI is InChI=1S/C51H36N2/c1-2-49-52-47-19-11-12-20-48(47)53(49)42-28-25-36(26-29-42)50-43-17-9-10-18-44(43)51(46-33-40(27-30-45(46)50)35-15-7-4-8-16-35)41-24-23-38-31-37(21-22-39(38)32-41)34-13-5-3-6-14-34/h3-33H,2H2,1H3. The molecule has 2 heteroatoms. The molecule has 10 aromatic rings. The molecular formula is C51H36N2. The first-order chi connectivity index (χ1) is 26.2. The summed E-state index contributed by atoms with van der Waals surface area (Å²) in [5.74, 6) is 1.07. The Morgan fingerprint density at radius 1 is 0.396 bits per heavy atom. The van der Waals surface area contributed by atoms with E-state index >= 15 is 0 Å². The van der Waals surface area contributed by atoms with E-state index in [4.69, 9.17) is 4.98 Å². The molecule has 0 atom stereocenters. The van der Waals surface area contributed by atoms with E-state index in [0.717, 1.165) is 29.0 Å². The number of hydrogen-bond donors (Lipinski definition) is 0. The summed E-state index contributed by atoms with van der Waals surface area (Å²) in [6, 6.07) is 68.6. The van der Waals surface area contributed by atoms with E-state index in [-0.39, 0.29) is 0 Å². The van der Waals surface area contributed by atoms with Gasteiger partial charge in [0.05, 0.1) is 11.0 Å². The molecule has 0 amide bonds. The van der Waals surface area contributed by atoms with Crippen LogP contribution in [0.4, 0.5) is 0 Å². The van der Waals surface area contributed by atoms with Crippen LogP contribution >= 0.6 is 0 Å². The van der Waals surface area contributed by atoms with E-state index in [9.17, 15) is 0 Å². The molecule has 1 aromatic heterocycles. The van der Waals surface area contributed by atoms with Gasteiger partial charge in [-0.2, -0.15) is 0 Å². The van der Waals surface area contributed by atoms with Crippen molar-refractivity contribution >= 4 is 43.4 Å². The lowest BCUT2D eigenvalue weighted by molar-refractivity contribution is 0.908. The van der Waals surface area contributed by atoms with Gasteiger partial charge in [0.2, 0.25) is 0 Å². The summed E-state index contributed by atoms with van der Waals surface area (Å²) in [5.41, 5.74) is 13.1. The molecule has 0 radical (unpaired) electrons. The lowest BCUT2D eigenvalue weighted by Gasteiger charge is -2.19. The van der Waals surface area contributed by atoms with Gasteiger partial charge in [-0.3, -0.25) is 4.57 Å². The van der Waals surface area contributed by atoms with Crippen molar-refractivity contribution in [1.29, 1.82) is 0 Å². The second-order valence-corrected chi connectivity index (χ2v) is 13.8. The van der Waals surface area contributed by atoms with Crippen molar-refractivity contribution in [2.24, 2.45) is 0 Å². The summed E-state index contributed by atoms with van der Waals surface area (Å²) in [7, 11) is 0. The topological polar surface area (TPSA) is 17.8 Å². The third-order valence-corrected chi connectivity index (χ3v) is 10.7. The predicted octanol–water partition coefficient (Wildman–Crippen LogP) is 13.7. The highest BCUT2D eigenvalue weighted by molar-refractivity contribution is 6.22. The fraction of sp³-hybridized carbons (Fsp3) is 0.0392. The molecule has 250 valence electrons. The van der Waals surface area contributed by atoms with Crippen LogP contribution in [0.25, 0.3) is 93.5 Å². The summed E-state index contributed by atoms with van der Waals surface area (Å²) >= 11 is 0. The minimum absolute atomic E-state index is 0.861. The number of aromatic nitrogens is 2. The maximum atomic E-state index is 4.94. The molecule has 0 saturated heterocycles. The van der Waals surface area contributed by atoms with Crippen LogP contribution in [-0.4, -0.2) is 9.55 Å². The predicted molar refractivity (Wildman–Crippen MR) is 225 cm³/mol. The monoisotopic (exact) mass is 676 g/mol. The van der Waals surface area contributed by atoms with Gasteiger partial charge < -0.3 is 0 Å². The lowest BCUT2D eigenvalue weighted by Crippen LogP contribution is -2.00. The molecule has 0 aliphatic heterocycles. The average Bonchev–Trinajstić information content (AvgIpc) is 3.62. The van der Waals surface area contributed by atoms with Crippen LogP contribution in [0.3, 0.4) is 0 Å². The Morgan fingerprint density at radius 2 is 0.906 bits per heavy atom. The Bertz CT molecular complexity index is 2960. The normalized spacial score (nSPS) is 11.6. The summed E-state index contributed by atoms with van der Waals surface area (Å²) in [5, 5.41) is 7.46. The summed E-state index contributed by atoms with van der Waals surface area (Å²) in [6.45, 7) is 2.17. The van der Waals surface area contributed by atoms with Crippen LogP contribution in [-0.2, 0) is 6.42 Å². The summed E-state index contributed by atoms with van der Waals surface area (Å²) in [4.78, 5) is 4.94. The zero-order valence-corrected chi connectivity index (χ0v) is 29.5. The van der Waals surface area contributed by atoms with Gasteiger partial charge in [0.25, 0.3) is 0 Å². The van der Waals surface area contributed by atoms with Crippen LogP contribution in [0.5, 0.6) is 0 Å². The summed E-state index contributed by atoms with van der Waals surface area (Å²) < 4.78 is 2.30. The number of fused-ring (bicyclic) bond motifs is 4. The molecule has 10 rings (SSSR count). The number of imidazole rings is 1. The van der Waals surface area contributed by atoms with Crippen molar-refractivity contribution in [2.75, 3.05) is 0 Å². The largest absolute Gasteiger partial charge is 0.296 e. The lowest BCUT2D eigenvalue weighted by atomic mass is 9.84. The SMILES string of the molecule is CCc1nc2ccccc2n1-c1ccc(-c2c3ccccc3c(-c3ccc4cc(-c5ccccc5)ccc4c3)c3cc(-c4ccccc4)ccc23)cc1. The fourth-order valence-electron chi connectivity index (χ4n) is 8.20. The van der Waals surface area contributed by atoms with E-state index in [1.54, 1.807) is 0 Å². The Labute approximate surface area is 309 Å². The van der Waals surface area contributed by atoms with Crippen molar-refractivity contribution < 1.29 is 0 Å². The Morgan fingerprint density at radius 3 is 1.58 bits per heavy atom. The molecule has 0 bridgehead atoms.